The third kappa shape index (κ3) is 4.79. The van der Waals surface area contributed by atoms with E-state index in [1.165, 1.54) is 7.11 Å². The molecule has 0 bridgehead atoms. The van der Waals surface area contributed by atoms with E-state index in [0.717, 1.165) is 35.7 Å². The lowest BCUT2D eigenvalue weighted by atomic mass is 10.0. The summed E-state index contributed by atoms with van der Waals surface area (Å²) in [5, 5.41) is 3.06. The van der Waals surface area contributed by atoms with Crippen LogP contribution in [0.3, 0.4) is 0 Å². The van der Waals surface area contributed by atoms with E-state index in [9.17, 15) is 4.79 Å². The van der Waals surface area contributed by atoms with Gasteiger partial charge in [0.1, 0.15) is 18.2 Å². The molecule has 1 fully saturated rings. The third-order valence-electron chi connectivity index (χ3n) is 4.41. The maximum Gasteiger partial charge on any atom is 0.246 e. The number of nitrogens with one attached hydrogen (secondary N) is 1. The van der Waals surface area contributed by atoms with Crippen molar-refractivity contribution in [1.29, 1.82) is 0 Å². The molecule has 2 aromatic rings. The molecule has 1 aromatic heterocycles. The number of nitrogens with zero attached hydrogens (tertiary/aromatic N) is 3. The second-order valence-electron chi connectivity index (χ2n) is 6.91. The zero-order valence-electron chi connectivity index (χ0n) is 15.6. The minimum absolute atomic E-state index is 0.0450. The van der Waals surface area contributed by atoms with Crippen LogP contribution < -0.4 is 10.2 Å². The molecule has 6 nitrogen and oxygen atoms in total. The summed E-state index contributed by atoms with van der Waals surface area (Å²) in [6.07, 6.45) is 2.93. The molecule has 0 unspecified atom stereocenters. The van der Waals surface area contributed by atoms with E-state index in [0.29, 0.717) is 12.3 Å². The Morgan fingerprint density at radius 1 is 1.27 bits per heavy atom. The highest BCUT2D eigenvalue weighted by Gasteiger charge is 2.28. The predicted molar refractivity (Wildman–Crippen MR) is 101 cm³/mol. The Balaban J connectivity index is 1.87. The van der Waals surface area contributed by atoms with Gasteiger partial charge in [0.25, 0.3) is 0 Å². The van der Waals surface area contributed by atoms with Gasteiger partial charge in [0.2, 0.25) is 5.91 Å². The van der Waals surface area contributed by atoms with Crippen LogP contribution in [-0.4, -0.2) is 43.7 Å². The van der Waals surface area contributed by atoms with Crippen LogP contribution in [-0.2, 0) is 16.0 Å². The Morgan fingerprint density at radius 2 is 2.00 bits per heavy atom. The number of anilines is 1. The summed E-state index contributed by atoms with van der Waals surface area (Å²) >= 11 is 0. The number of hydrogen-bond donors (Lipinski definition) is 1. The van der Waals surface area contributed by atoms with Gasteiger partial charge in [-0.15, -0.1) is 0 Å². The molecular formula is C20H26N4O2. The molecule has 1 saturated carbocycles. The average molecular weight is 354 g/mol. The molecule has 26 heavy (non-hydrogen) atoms. The Hall–Kier alpha value is -2.47. The maximum atomic E-state index is 12.1. The number of carbonyl (C=O) groups excluding carboxylic acids is 1. The fourth-order valence-electron chi connectivity index (χ4n) is 2.87. The molecule has 1 aromatic carbocycles. The van der Waals surface area contributed by atoms with Gasteiger partial charge < -0.3 is 15.0 Å². The fourth-order valence-corrected chi connectivity index (χ4v) is 2.87. The van der Waals surface area contributed by atoms with E-state index in [2.05, 4.69) is 10.3 Å². The highest BCUT2D eigenvalue weighted by molar-refractivity contribution is 5.77. The van der Waals surface area contributed by atoms with Crippen molar-refractivity contribution in [2.45, 2.75) is 31.2 Å². The largest absolute Gasteiger partial charge is 0.375 e. The van der Waals surface area contributed by atoms with Crippen molar-refractivity contribution in [2.75, 3.05) is 32.7 Å². The van der Waals surface area contributed by atoms with Crippen LogP contribution in [0.15, 0.2) is 36.4 Å². The summed E-state index contributed by atoms with van der Waals surface area (Å²) in [5.41, 5.74) is 1.99. The number of methoxy groups -OCH3 is 1. The number of rotatable bonds is 8. The normalized spacial score (nSPS) is 14.7. The van der Waals surface area contributed by atoms with Crippen LogP contribution in [0.2, 0.25) is 0 Å². The first-order valence-electron chi connectivity index (χ1n) is 8.95. The molecule has 138 valence electrons. The van der Waals surface area contributed by atoms with Crippen LogP contribution in [0.5, 0.6) is 0 Å². The molecule has 1 aliphatic carbocycles. The van der Waals surface area contributed by atoms with Gasteiger partial charge in [0.15, 0.2) is 0 Å². The van der Waals surface area contributed by atoms with E-state index in [1.54, 1.807) is 0 Å². The van der Waals surface area contributed by atoms with Crippen molar-refractivity contribution in [3.63, 3.8) is 0 Å². The summed E-state index contributed by atoms with van der Waals surface area (Å²) in [6.45, 7) is 0.0450. The molecule has 1 heterocycles. The van der Waals surface area contributed by atoms with E-state index >= 15 is 0 Å². The summed E-state index contributed by atoms with van der Waals surface area (Å²) in [7, 11) is 5.49. The molecule has 0 saturated heterocycles. The summed E-state index contributed by atoms with van der Waals surface area (Å²) in [6, 6.07) is 11.8. The van der Waals surface area contributed by atoms with E-state index in [4.69, 9.17) is 9.72 Å². The Labute approximate surface area is 154 Å². The van der Waals surface area contributed by atoms with Crippen molar-refractivity contribution >= 4 is 11.7 Å². The molecule has 0 radical (unpaired) electrons. The average Bonchev–Trinajstić information content (AvgIpc) is 3.47. The Morgan fingerprint density at radius 3 is 2.62 bits per heavy atom. The van der Waals surface area contributed by atoms with Gasteiger partial charge in [-0.3, -0.25) is 4.79 Å². The molecule has 6 heteroatoms. The first kappa shape index (κ1) is 18.3. The van der Waals surface area contributed by atoms with Gasteiger partial charge in [0.05, 0.1) is 6.04 Å². The second-order valence-corrected chi connectivity index (χ2v) is 6.91. The van der Waals surface area contributed by atoms with Crippen LogP contribution in [0, 0.1) is 0 Å². The molecule has 0 spiro atoms. The van der Waals surface area contributed by atoms with Crippen molar-refractivity contribution in [3.05, 3.63) is 53.5 Å². The SMILES string of the molecule is COCC(=O)N[C@H](Cc1cc(N(C)C)nc(C2CC2)n1)c1ccccc1. The topological polar surface area (TPSA) is 67.3 Å². The minimum atomic E-state index is -0.157. The second kappa shape index (κ2) is 8.27. The molecule has 3 rings (SSSR count). The van der Waals surface area contributed by atoms with E-state index in [-0.39, 0.29) is 18.6 Å². The lowest BCUT2D eigenvalue weighted by molar-refractivity contribution is -0.125. The highest BCUT2D eigenvalue weighted by Crippen LogP contribution is 2.38. The van der Waals surface area contributed by atoms with Gasteiger partial charge in [0, 0.05) is 45.3 Å². The van der Waals surface area contributed by atoms with Gasteiger partial charge in [-0.05, 0) is 18.4 Å². The van der Waals surface area contributed by atoms with Crippen LogP contribution in [0.4, 0.5) is 5.82 Å². The van der Waals surface area contributed by atoms with Gasteiger partial charge >= 0.3 is 0 Å². The standard InChI is InChI=1S/C20H26N4O2/c1-24(2)18-12-16(21-20(23-18)15-9-10-15)11-17(22-19(25)13-26-3)14-7-5-4-6-8-14/h4-8,12,15,17H,9-11,13H2,1-3H3,(H,22,25)/t17-/m1/s1. The molecule has 1 aliphatic rings. The number of hydrogen-bond acceptors (Lipinski definition) is 5. The zero-order valence-corrected chi connectivity index (χ0v) is 15.6. The monoisotopic (exact) mass is 354 g/mol. The molecule has 1 atom stereocenters. The molecule has 0 aliphatic heterocycles. The first-order valence-corrected chi connectivity index (χ1v) is 8.95. The highest BCUT2D eigenvalue weighted by atomic mass is 16.5. The lowest BCUT2D eigenvalue weighted by Gasteiger charge is -2.20. The van der Waals surface area contributed by atoms with Gasteiger partial charge in [-0.2, -0.15) is 0 Å². The number of amides is 1. The summed E-state index contributed by atoms with van der Waals surface area (Å²) in [4.78, 5) is 23.5. The van der Waals surface area contributed by atoms with Gasteiger partial charge in [-0.25, -0.2) is 9.97 Å². The van der Waals surface area contributed by atoms with Crippen molar-refractivity contribution in [2.24, 2.45) is 0 Å². The van der Waals surface area contributed by atoms with E-state index < -0.39 is 0 Å². The van der Waals surface area contributed by atoms with Crippen molar-refractivity contribution in [3.8, 4) is 0 Å². The quantitative estimate of drug-likeness (QED) is 0.789. The van der Waals surface area contributed by atoms with Crippen LogP contribution in [0.1, 0.15) is 41.9 Å². The zero-order chi connectivity index (χ0) is 18.5. The van der Waals surface area contributed by atoms with Crippen LogP contribution in [0.25, 0.3) is 0 Å². The first-order chi connectivity index (χ1) is 12.6. The van der Waals surface area contributed by atoms with E-state index in [1.807, 2.05) is 55.4 Å². The van der Waals surface area contributed by atoms with Gasteiger partial charge in [-0.1, -0.05) is 30.3 Å². The summed E-state index contributed by atoms with van der Waals surface area (Å²) in [5.74, 6) is 2.17. The molecular weight excluding hydrogens is 328 g/mol. The third-order valence-corrected chi connectivity index (χ3v) is 4.41. The van der Waals surface area contributed by atoms with Crippen molar-refractivity contribution < 1.29 is 9.53 Å². The Bertz CT molecular complexity index is 724. The fraction of sp³-hybridized carbons (Fsp3) is 0.450. The molecule has 1 amide bonds. The maximum absolute atomic E-state index is 12.1. The predicted octanol–water partition coefficient (Wildman–Crippen LogP) is 2.47. The smallest absolute Gasteiger partial charge is 0.246 e. The Kier molecular flexibility index (Phi) is 5.83. The number of benzene rings is 1. The lowest BCUT2D eigenvalue weighted by Crippen LogP contribution is -2.32. The number of carbonyl (C=O) groups is 1. The minimum Gasteiger partial charge on any atom is -0.375 e. The van der Waals surface area contributed by atoms with Crippen molar-refractivity contribution in [1.82, 2.24) is 15.3 Å². The molecule has 1 N–H and O–H groups in total. The number of ether oxygens (including phenoxy) is 1. The number of aromatic nitrogens is 2. The van der Waals surface area contributed by atoms with Crippen LogP contribution >= 0.6 is 0 Å². The summed E-state index contributed by atoms with van der Waals surface area (Å²) < 4.78 is 4.96.